The summed E-state index contributed by atoms with van der Waals surface area (Å²) in [6.45, 7) is 2.99. The first-order chi connectivity index (χ1) is 10.6. The SMILES string of the molecule is CC(N)(C(=O)NCc1nnc2n1CCCC2)c1ccccc1.Cl.Cl. The Morgan fingerprint density at radius 3 is 2.67 bits per heavy atom. The van der Waals surface area contributed by atoms with Crippen LogP contribution in [0.5, 0.6) is 0 Å². The minimum absolute atomic E-state index is 0. The molecule has 0 saturated carbocycles. The Kier molecular flexibility index (Phi) is 7.20. The molecule has 1 unspecified atom stereocenters. The molecule has 0 fully saturated rings. The van der Waals surface area contributed by atoms with Crippen molar-refractivity contribution < 1.29 is 4.79 Å². The summed E-state index contributed by atoms with van der Waals surface area (Å²) >= 11 is 0. The van der Waals surface area contributed by atoms with Gasteiger partial charge in [0.05, 0.1) is 6.54 Å². The quantitative estimate of drug-likeness (QED) is 0.859. The number of aromatic nitrogens is 3. The number of carbonyl (C=O) groups is 1. The second kappa shape index (κ2) is 8.46. The topological polar surface area (TPSA) is 85.8 Å². The predicted molar refractivity (Wildman–Crippen MR) is 97.3 cm³/mol. The van der Waals surface area contributed by atoms with Gasteiger partial charge in [-0.1, -0.05) is 30.3 Å². The number of halogens is 2. The highest BCUT2D eigenvalue weighted by molar-refractivity contribution is 5.87. The van der Waals surface area contributed by atoms with E-state index in [2.05, 4.69) is 20.1 Å². The average Bonchev–Trinajstić information content (AvgIpc) is 2.96. The van der Waals surface area contributed by atoms with Gasteiger partial charge >= 0.3 is 0 Å². The Balaban J connectivity index is 0.00000144. The summed E-state index contributed by atoms with van der Waals surface area (Å²) in [6, 6.07) is 9.38. The van der Waals surface area contributed by atoms with Crippen molar-refractivity contribution in [3.8, 4) is 0 Å². The molecule has 24 heavy (non-hydrogen) atoms. The normalized spacial score (nSPS) is 15.2. The van der Waals surface area contributed by atoms with Crippen LogP contribution in [0, 0.1) is 0 Å². The first-order valence-corrected chi connectivity index (χ1v) is 7.62. The van der Waals surface area contributed by atoms with Crippen molar-refractivity contribution in [1.82, 2.24) is 20.1 Å². The van der Waals surface area contributed by atoms with Gasteiger partial charge in [-0.2, -0.15) is 0 Å². The van der Waals surface area contributed by atoms with Gasteiger partial charge in [-0.15, -0.1) is 35.0 Å². The number of amides is 1. The lowest BCUT2D eigenvalue weighted by molar-refractivity contribution is -0.126. The second-order valence-corrected chi connectivity index (χ2v) is 5.89. The van der Waals surface area contributed by atoms with Gasteiger partial charge in [0, 0.05) is 13.0 Å². The zero-order valence-electron chi connectivity index (χ0n) is 13.6. The van der Waals surface area contributed by atoms with E-state index < -0.39 is 5.54 Å². The molecule has 6 nitrogen and oxygen atoms in total. The van der Waals surface area contributed by atoms with Crippen molar-refractivity contribution in [2.45, 2.75) is 44.8 Å². The maximum atomic E-state index is 12.4. The highest BCUT2D eigenvalue weighted by Crippen LogP contribution is 2.18. The molecule has 1 amide bonds. The van der Waals surface area contributed by atoms with E-state index in [1.165, 1.54) is 0 Å². The summed E-state index contributed by atoms with van der Waals surface area (Å²) in [5.74, 6) is 1.59. The van der Waals surface area contributed by atoms with Gasteiger partial charge in [-0.25, -0.2) is 0 Å². The molecule has 0 saturated heterocycles. The number of aryl methyl sites for hydroxylation is 1. The van der Waals surface area contributed by atoms with Crippen LogP contribution in [-0.4, -0.2) is 20.7 Å². The van der Waals surface area contributed by atoms with E-state index in [0.29, 0.717) is 6.54 Å². The highest BCUT2D eigenvalue weighted by Gasteiger charge is 2.30. The molecule has 0 bridgehead atoms. The van der Waals surface area contributed by atoms with Gasteiger partial charge in [0.1, 0.15) is 11.4 Å². The molecule has 1 aromatic carbocycles. The number of hydrogen-bond acceptors (Lipinski definition) is 4. The number of carbonyl (C=O) groups excluding carboxylic acids is 1. The summed E-state index contributed by atoms with van der Waals surface area (Å²) in [5, 5.41) is 11.3. The fourth-order valence-corrected chi connectivity index (χ4v) is 2.76. The summed E-state index contributed by atoms with van der Waals surface area (Å²) < 4.78 is 2.10. The molecule has 1 aromatic heterocycles. The number of nitrogens with one attached hydrogen (secondary N) is 1. The van der Waals surface area contributed by atoms with E-state index >= 15 is 0 Å². The van der Waals surface area contributed by atoms with Crippen LogP contribution in [0.15, 0.2) is 30.3 Å². The van der Waals surface area contributed by atoms with Gasteiger partial charge in [-0.05, 0) is 25.3 Å². The van der Waals surface area contributed by atoms with Crippen LogP contribution in [0.4, 0.5) is 0 Å². The van der Waals surface area contributed by atoms with Crippen molar-refractivity contribution in [2.24, 2.45) is 5.73 Å². The fraction of sp³-hybridized carbons (Fsp3) is 0.438. The maximum Gasteiger partial charge on any atom is 0.244 e. The molecule has 0 aliphatic carbocycles. The van der Waals surface area contributed by atoms with Gasteiger partial charge in [0.2, 0.25) is 5.91 Å². The molecule has 2 aromatic rings. The van der Waals surface area contributed by atoms with E-state index in [9.17, 15) is 4.79 Å². The lowest BCUT2D eigenvalue weighted by Crippen LogP contribution is -2.48. The number of fused-ring (bicyclic) bond motifs is 1. The van der Waals surface area contributed by atoms with Gasteiger partial charge in [0.25, 0.3) is 0 Å². The van der Waals surface area contributed by atoms with Crippen LogP contribution >= 0.6 is 24.8 Å². The Labute approximate surface area is 154 Å². The predicted octanol–water partition coefficient (Wildman–Crippen LogP) is 1.95. The summed E-state index contributed by atoms with van der Waals surface area (Å²) in [6.07, 6.45) is 3.24. The number of nitrogens with two attached hydrogens (primary N) is 1. The molecule has 1 aliphatic rings. The van der Waals surface area contributed by atoms with E-state index in [4.69, 9.17) is 5.73 Å². The highest BCUT2D eigenvalue weighted by atomic mass is 35.5. The number of nitrogens with zero attached hydrogens (tertiary/aromatic N) is 3. The maximum absolute atomic E-state index is 12.4. The van der Waals surface area contributed by atoms with Crippen molar-refractivity contribution in [2.75, 3.05) is 0 Å². The summed E-state index contributed by atoms with van der Waals surface area (Å²) in [7, 11) is 0. The molecule has 8 heteroatoms. The number of benzene rings is 1. The molecule has 3 N–H and O–H groups in total. The van der Waals surface area contributed by atoms with Crippen LogP contribution in [0.2, 0.25) is 0 Å². The van der Waals surface area contributed by atoms with Crippen molar-refractivity contribution >= 4 is 30.7 Å². The zero-order chi connectivity index (χ0) is 15.6. The van der Waals surface area contributed by atoms with Gasteiger partial charge in [0.15, 0.2) is 5.82 Å². The van der Waals surface area contributed by atoms with E-state index in [0.717, 1.165) is 43.0 Å². The Morgan fingerprint density at radius 2 is 1.96 bits per heavy atom. The third-order valence-electron chi connectivity index (χ3n) is 4.19. The fourth-order valence-electron chi connectivity index (χ4n) is 2.76. The van der Waals surface area contributed by atoms with Crippen molar-refractivity contribution in [3.63, 3.8) is 0 Å². The monoisotopic (exact) mass is 371 g/mol. The standard InChI is InChI=1S/C16H21N5O.2ClH/c1-16(17,12-7-3-2-4-8-12)15(22)18-11-14-20-19-13-9-5-6-10-21(13)14;;/h2-4,7-8H,5-6,9-11,17H2,1H3,(H,18,22);2*1H. The second-order valence-electron chi connectivity index (χ2n) is 5.89. The van der Waals surface area contributed by atoms with Gasteiger partial charge < -0.3 is 15.6 Å². The van der Waals surface area contributed by atoms with Crippen LogP contribution < -0.4 is 11.1 Å². The van der Waals surface area contributed by atoms with Crippen LogP contribution in [-0.2, 0) is 29.8 Å². The molecule has 1 aliphatic heterocycles. The smallest absolute Gasteiger partial charge is 0.244 e. The Bertz CT molecular complexity index is 672. The third kappa shape index (κ3) is 4.06. The molecular formula is C16H23Cl2N5O. The molecule has 0 spiro atoms. The summed E-state index contributed by atoms with van der Waals surface area (Å²) in [5.41, 5.74) is 5.93. The van der Waals surface area contributed by atoms with Crippen LogP contribution in [0.25, 0.3) is 0 Å². The van der Waals surface area contributed by atoms with Crippen LogP contribution in [0.1, 0.15) is 37.0 Å². The molecule has 1 atom stereocenters. The van der Waals surface area contributed by atoms with Gasteiger partial charge in [-0.3, -0.25) is 4.79 Å². The zero-order valence-corrected chi connectivity index (χ0v) is 15.2. The molecule has 0 radical (unpaired) electrons. The lowest BCUT2D eigenvalue weighted by Gasteiger charge is -2.24. The molecule has 132 valence electrons. The number of rotatable bonds is 4. The Hall–Kier alpha value is -1.63. The molecule has 2 heterocycles. The van der Waals surface area contributed by atoms with Crippen LogP contribution in [0.3, 0.4) is 0 Å². The largest absolute Gasteiger partial charge is 0.347 e. The third-order valence-corrected chi connectivity index (χ3v) is 4.19. The van der Waals surface area contributed by atoms with Crippen molar-refractivity contribution in [3.05, 3.63) is 47.5 Å². The minimum Gasteiger partial charge on any atom is -0.347 e. The average molecular weight is 372 g/mol. The minimum atomic E-state index is -1.06. The van der Waals surface area contributed by atoms with E-state index in [-0.39, 0.29) is 30.7 Å². The first kappa shape index (κ1) is 20.4. The van der Waals surface area contributed by atoms with Crippen molar-refractivity contribution in [1.29, 1.82) is 0 Å². The molecular weight excluding hydrogens is 349 g/mol. The summed E-state index contributed by atoms with van der Waals surface area (Å²) in [4.78, 5) is 12.4. The lowest BCUT2D eigenvalue weighted by atomic mass is 9.92. The van der Waals surface area contributed by atoms with E-state index in [1.54, 1.807) is 6.92 Å². The molecule has 3 rings (SSSR count). The Morgan fingerprint density at radius 1 is 1.25 bits per heavy atom. The first-order valence-electron chi connectivity index (χ1n) is 7.62. The number of hydrogen-bond donors (Lipinski definition) is 2. The van der Waals surface area contributed by atoms with E-state index in [1.807, 2.05) is 30.3 Å².